The number of sulfonamides is 1. The number of carbonyl (C=O) groups excluding carboxylic acids is 1. The minimum atomic E-state index is -3.76. The Kier molecular flexibility index (Phi) is 5.71. The number of fused-ring (bicyclic) bond motifs is 1. The maximum Gasteiger partial charge on any atom is 0.241 e. The molecule has 3 aromatic rings. The molecule has 0 saturated carbocycles. The topological polar surface area (TPSA) is 97.6 Å². The average Bonchev–Trinajstić information content (AvgIpc) is 3.07. The van der Waals surface area contributed by atoms with Gasteiger partial charge in [0.1, 0.15) is 5.76 Å². The van der Waals surface area contributed by atoms with Crippen molar-refractivity contribution < 1.29 is 22.4 Å². The Morgan fingerprint density at radius 1 is 1.18 bits per heavy atom. The molecular weight excluding hydrogens is 380 g/mol. The number of hydrogen-bond donors (Lipinski definition) is 2. The van der Waals surface area contributed by atoms with Gasteiger partial charge in [-0.05, 0) is 50.2 Å². The second-order valence-electron chi connectivity index (χ2n) is 6.30. The minimum Gasteiger partial charge on any atom is -0.490 e. The highest BCUT2D eigenvalue weighted by molar-refractivity contribution is 7.89. The smallest absolute Gasteiger partial charge is 0.241 e. The van der Waals surface area contributed by atoms with Gasteiger partial charge < -0.3 is 14.5 Å². The second kappa shape index (κ2) is 8.04. The summed E-state index contributed by atoms with van der Waals surface area (Å²) in [5.41, 5.74) is 1.12. The van der Waals surface area contributed by atoms with Gasteiger partial charge in [-0.25, -0.2) is 13.1 Å². The van der Waals surface area contributed by atoms with Crippen LogP contribution in [0, 0.1) is 0 Å². The van der Waals surface area contributed by atoms with Crippen molar-refractivity contribution in [3.8, 4) is 5.75 Å². The van der Waals surface area contributed by atoms with Crippen molar-refractivity contribution >= 4 is 32.6 Å². The molecule has 3 rings (SSSR count). The molecule has 0 aliphatic carbocycles. The largest absolute Gasteiger partial charge is 0.490 e. The Morgan fingerprint density at radius 3 is 2.54 bits per heavy atom. The van der Waals surface area contributed by atoms with Crippen molar-refractivity contribution in [2.45, 2.75) is 31.7 Å². The summed E-state index contributed by atoms with van der Waals surface area (Å²) in [6.45, 7) is 5.49. The van der Waals surface area contributed by atoms with E-state index in [1.807, 2.05) is 25.1 Å². The van der Waals surface area contributed by atoms with E-state index < -0.39 is 16.1 Å². The summed E-state index contributed by atoms with van der Waals surface area (Å²) in [6, 6.07) is 12.7. The highest BCUT2D eigenvalue weighted by atomic mass is 32.2. The van der Waals surface area contributed by atoms with Crippen molar-refractivity contribution in [2.75, 3.05) is 11.9 Å². The second-order valence-corrected chi connectivity index (χ2v) is 8.02. The molecule has 1 heterocycles. The number of para-hydroxylation sites is 1. The lowest BCUT2D eigenvalue weighted by Crippen LogP contribution is -2.26. The van der Waals surface area contributed by atoms with Crippen LogP contribution in [0.3, 0.4) is 0 Å². The Balaban J connectivity index is 1.81. The molecule has 0 spiro atoms. The molecule has 0 aliphatic heterocycles. The van der Waals surface area contributed by atoms with Gasteiger partial charge in [0.25, 0.3) is 0 Å². The number of anilines is 1. The fourth-order valence-electron chi connectivity index (χ4n) is 2.82. The van der Waals surface area contributed by atoms with E-state index in [4.69, 9.17) is 9.15 Å². The Labute approximate surface area is 163 Å². The summed E-state index contributed by atoms with van der Waals surface area (Å²) in [6.07, 6.45) is 0. The van der Waals surface area contributed by atoms with Crippen molar-refractivity contribution in [3.05, 3.63) is 54.3 Å². The average molecular weight is 402 g/mol. The van der Waals surface area contributed by atoms with Crippen LogP contribution in [0.4, 0.5) is 5.69 Å². The summed E-state index contributed by atoms with van der Waals surface area (Å²) in [4.78, 5) is 11.2. The summed E-state index contributed by atoms with van der Waals surface area (Å²) < 4.78 is 39.4. The number of nitrogens with one attached hydrogen (secondary N) is 2. The molecule has 1 amide bonds. The highest BCUT2D eigenvalue weighted by Crippen LogP contribution is 2.31. The maximum atomic E-state index is 12.7. The first kappa shape index (κ1) is 19.9. The first-order valence-corrected chi connectivity index (χ1v) is 10.3. The molecule has 0 unspecified atom stereocenters. The van der Waals surface area contributed by atoms with Gasteiger partial charge in [0.05, 0.1) is 17.5 Å². The predicted octanol–water partition coefficient (Wildman–Crippen LogP) is 3.83. The molecule has 0 bridgehead atoms. The summed E-state index contributed by atoms with van der Waals surface area (Å²) in [5, 5.41) is 3.44. The highest BCUT2D eigenvalue weighted by Gasteiger charge is 2.21. The Hall–Kier alpha value is -2.84. The van der Waals surface area contributed by atoms with E-state index in [9.17, 15) is 13.2 Å². The van der Waals surface area contributed by atoms with Crippen LogP contribution in [0.1, 0.15) is 32.6 Å². The molecule has 28 heavy (non-hydrogen) atoms. The standard InChI is InChI=1S/C20H22N2O5S/c1-4-26-18-7-5-6-15-12-19(27-20(15)18)13(2)22-28(24,25)17-10-8-16(9-11-17)21-14(3)23/h5-13,22H,4H2,1-3H3,(H,21,23)/t13-/m0/s1. The SMILES string of the molecule is CCOc1cccc2cc([C@H](C)NS(=O)(=O)c3ccc(NC(C)=O)cc3)oc12. The van der Waals surface area contributed by atoms with Crippen molar-refractivity contribution in [1.29, 1.82) is 0 Å². The van der Waals surface area contributed by atoms with Crippen LogP contribution < -0.4 is 14.8 Å². The van der Waals surface area contributed by atoms with Gasteiger partial charge in [0.2, 0.25) is 15.9 Å². The minimum absolute atomic E-state index is 0.0968. The lowest BCUT2D eigenvalue weighted by Gasteiger charge is -2.12. The fourth-order valence-corrected chi connectivity index (χ4v) is 4.03. The zero-order valence-corrected chi connectivity index (χ0v) is 16.7. The molecular formula is C20H22N2O5S. The van der Waals surface area contributed by atoms with E-state index in [0.29, 0.717) is 29.4 Å². The molecule has 0 fully saturated rings. The lowest BCUT2D eigenvalue weighted by atomic mass is 10.2. The summed E-state index contributed by atoms with van der Waals surface area (Å²) in [5.74, 6) is 0.883. The van der Waals surface area contributed by atoms with Crippen LogP contribution >= 0.6 is 0 Å². The predicted molar refractivity (Wildman–Crippen MR) is 107 cm³/mol. The van der Waals surface area contributed by atoms with E-state index in [1.54, 1.807) is 13.0 Å². The number of benzene rings is 2. The third-order valence-electron chi connectivity index (χ3n) is 4.07. The van der Waals surface area contributed by atoms with Gasteiger partial charge in [-0.15, -0.1) is 0 Å². The van der Waals surface area contributed by atoms with Gasteiger partial charge in [-0.2, -0.15) is 0 Å². The number of amides is 1. The van der Waals surface area contributed by atoms with E-state index in [2.05, 4.69) is 10.0 Å². The molecule has 0 radical (unpaired) electrons. The van der Waals surface area contributed by atoms with E-state index in [0.717, 1.165) is 5.39 Å². The maximum absolute atomic E-state index is 12.7. The summed E-state index contributed by atoms with van der Waals surface area (Å²) >= 11 is 0. The van der Waals surface area contributed by atoms with E-state index >= 15 is 0 Å². The van der Waals surface area contributed by atoms with E-state index in [1.165, 1.54) is 31.2 Å². The number of ether oxygens (including phenoxy) is 1. The van der Waals surface area contributed by atoms with Crippen LogP contribution in [0.2, 0.25) is 0 Å². The Bertz CT molecular complexity index is 1090. The number of hydrogen-bond acceptors (Lipinski definition) is 5. The molecule has 1 aromatic heterocycles. The van der Waals surface area contributed by atoms with Crippen molar-refractivity contribution in [3.63, 3.8) is 0 Å². The van der Waals surface area contributed by atoms with Crippen molar-refractivity contribution in [2.24, 2.45) is 0 Å². The van der Waals surface area contributed by atoms with Gasteiger partial charge >= 0.3 is 0 Å². The first-order chi connectivity index (χ1) is 13.3. The zero-order valence-electron chi connectivity index (χ0n) is 15.9. The lowest BCUT2D eigenvalue weighted by molar-refractivity contribution is -0.114. The first-order valence-electron chi connectivity index (χ1n) is 8.85. The normalized spacial score (nSPS) is 12.7. The van der Waals surface area contributed by atoms with Gasteiger partial charge in [-0.3, -0.25) is 4.79 Å². The molecule has 8 heteroatoms. The molecule has 0 aliphatic rings. The van der Waals surface area contributed by atoms with Crippen LogP contribution in [-0.4, -0.2) is 20.9 Å². The van der Waals surface area contributed by atoms with Crippen LogP contribution in [-0.2, 0) is 14.8 Å². The molecule has 148 valence electrons. The van der Waals surface area contributed by atoms with E-state index in [-0.39, 0.29) is 10.8 Å². The monoisotopic (exact) mass is 402 g/mol. The third-order valence-corrected chi connectivity index (χ3v) is 5.63. The number of furan rings is 1. The molecule has 0 saturated heterocycles. The molecule has 1 atom stereocenters. The molecule has 2 N–H and O–H groups in total. The fraction of sp³-hybridized carbons (Fsp3) is 0.250. The van der Waals surface area contributed by atoms with Gasteiger partial charge in [0.15, 0.2) is 11.3 Å². The third kappa shape index (κ3) is 4.35. The van der Waals surface area contributed by atoms with Gasteiger partial charge in [-0.1, -0.05) is 12.1 Å². The number of carbonyl (C=O) groups is 1. The quantitative estimate of drug-likeness (QED) is 0.626. The van der Waals surface area contributed by atoms with Gasteiger partial charge in [0, 0.05) is 18.0 Å². The molecule has 2 aromatic carbocycles. The zero-order chi connectivity index (χ0) is 20.3. The van der Waals surface area contributed by atoms with Crippen LogP contribution in [0.15, 0.2) is 57.8 Å². The Morgan fingerprint density at radius 2 is 1.89 bits per heavy atom. The number of rotatable bonds is 7. The van der Waals surface area contributed by atoms with Crippen molar-refractivity contribution in [1.82, 2.24) is 4.72 Å². The molecule has 7 nitrogen and oxygen atoms in total. The van der Waals surface area contributed by atoms with Crippen LogP contribution in [0.25, 0.3) is 11.0 Å². The van der Waals surface area contributed by atoms with Crippen LogP contribution in [0.5, 0.6) is 5.75 Å². The summed E-state index contributed by atoms with van der Waals surface area (Å²) in [7, 11) is -3.76.